The van der Waals surface area contributed by atoms with Crippen molar-refractivity contribution in [1.29, 1.82) is 0 Å². The molecule has 1 aromatic carbocycles. The molecule has 0 spiro atoms. The summed E-state index contributed by atoms with van der Waals surface area (Å²) in [5.41, 5.74) is 1.40. The Kier molecular flexibility index (Phi) is 3.23. The summed E-state index contributed by atoms with van der Waals surface area (Å²) >= 11 is 0. The van der Waals surface area contributed by atoms with E-state index in [1.807, 2.05) is 18.7 Å². The number of carbonyl (C=O) groups is 2. The lowest BCUT2D eigenvalue weighted by Gasteiger charge is -2.25. The third-order valence-electron chi connectivity index (χ3n) is 3.16. The van der Waals surface area contributed by atoms with Crippen LogP contribution in [0.5, 0.6) is 0 Å². The molecule has 1 heterocycles. The number of fused-ring (bicyclic) bond motifs is 1. The van der Waals surface area contributed by atoms with Crippen molar-refractivity contribution < 1.29 is 14.7 Å². The quantitative estimate of drug-likeness (QED) is 0.837. The van der Waals surface area contributed by atoms with Crippen LogP contribution in [0, 0.1) is 5.92 Å². The van der Waals surface area contributed by atoms with Gasteiger partial charge >= 0.3 is 5.97 Å². The SMILES string of the molecule is CCN1CC(C)C(=O)Nc2cccc(C(=O)O)c21. The predicted molar refractivity (Wildman–Crippen MR) is 69.1 cm³/mol. The number of hydrogen-bond acceptors (Lipinski definition) is 3. The summed E-state index contributed by atoms with van der Waals surface area (Å²) in [6.07, 6.45) is 0. The molecule has 1 aliphatic heterocycles. The first-order chi connectivity index (χ1) is 8.54. The number of anilines is 2. The second-order valence-electron chi connectivity index (χ2n) is 4.44. The molecule has 1 atom stereocenters. The summed E-state index contributed by atoms with van der Waals surface area (Å²) in [5, 5.41) is 12.0. The van der Waals surface area contributed by atoms with E-state index in [-0.39, 0.29) is 17.4 Å². The fraction of sp³-hybridized carbons (Fsp3) is 0.385. The Labute approximate surface area is 105 Å². The van der Waals surface area contributed by atoms with Gasteiger partial charge in [0.15, 0.2) is 0 Å². The van der Waals surface area contributed by atoms with Crippen LogP contribution in [-0.4, -0.2) is 30.1 Å². The van der Waals surface area contributed by atoms with Gasteiger partial charge in [0, 0.05) is 13.1 Å². The van der Waals surface area contributed by atoms with E-state index in [9.17, 15) is 14.7 Å². The molecule has 0 saturated carbocycles. The fourth-order valence-corrected chi connectivity index (χ4v) is 2.21. The van der Waals surface area contributed by atoms with Gasteiger partial charge in [-0.25, -0.2) is 4.79 Å². The monoisotopic (exact) mass is 248 g/mol. The van der Waals surface area contributed by atoms with E-state index in [1.165, 1.54) is 0 Å². The van der Waals surface area contributed by atoms with E-state index in [0.29, 0.717) is 24.5 Å². The summed E-state index contributed by atoms with van der Waals surface area (Å²) in [6, 6.07) is 4.94. The number of hydrogen-bond donors (Lipinski definition) is 2. The Bertz CT molecular complexity index is 499. The number of benzene rings is 1. The summed E-state index contributed by atoms with van der Waals surface area (Å²) in [7, 11) is 0. The molecule has 5 heteroatoms. The Hall–Kier alpha value is -2.04. The van der Waals surface area contributed by atoms with Crippen LogP contribution in [0.2, 0.25) is 0 Å². The number of aromatic carboxylic acids is 1. The number of rotatable bonds is 2. The molecule has 0 aliphatic carbocycles. The molecule has 0 bridgehead atoms. The average molecular weight is 248 g/mol. The zero-order valence-corrected chi connectivity index (χ0v) is 10.4. The van der Waals surface area contributed by atoms with E-state index in [4.69, 9.17) is 0 Å². The third kappa shape index (κ3) is 2.03. The number of para-hydroxylation sites is 1. The number of amides is 1. The first-order valence-electron chi connectivity index (χ1n) is 5.96. The van der Waals surface area contributed by atoms with Crippen molar-refractivity contribution in [2.24, 2.45) is 5.92 Å². The Morgan fingerprint density at radius 3 is 2.89 bits per heavy atom. The molecular weight excluding hydrogens is 232 g/mol. The lowest BCUT2D eigenvalue weighted by atomic mass is 10.1. The van der Waals surface area contributed by atoms with E-state index < -0.39 is 5.97 Å². The zero-order valence-electron chi connectivity index (χ0n) is 10.4. The Balaban J connectivity index is 2.59. The smallest absolute Gasteiger partial charge is 0.337 e. The van der Waals surface area contributed by atoms with Crippen LogP contribution >= 0.6 is 0 Å². The zero-order chi connectivity index (χ0) is 13.3. The van der Waals surface area contributed by atoms with E-state index in [2.05, 4.69) is 5.32 Å². The van der Waals surface area contributed by atoms with Gasteiger partial charge in [0.05, 0.1) is 22.9 Å². The van der Waals surface area contributed by atoms with Gasteiger partial charge in [-0.2, -0.15) is 0 Å². The molecular formula is C13H16N2O3. The average Bonchev–Trinajstić information content (AvgIpc) is 2.46. The van der Waals surface area contributed by atoms with E-state index >= 15 is 0 Å². The maximum Gasteiger partial charge on any atom is 0.337 e. The van der Waals surface area contributed by atoms with Gasteiger partial charge in [-0.15, -0.1) is 0 Å². The minimum atomic E-state index is -0.978. The summed E-state index contributed by atoms with van der Waals surface area (Å²) in [6.45, 7) is 4.98. The molecule has 1 aromatic rings. The molecule has 5 nitrogen and oxygen atoms in total. The molecule has 0 saturated heterocycles. The van der Waals surface area contributed by atoms with Crippen molar-refractivity contribution in [2.45, 2.75) is 13.8 Å². The molecule has 2 rings (SSSR count). The van der Waals surface area contributed by atoms with Crippen LogP contribution in [-0.2, 0) is 4.79 Å². The minimum absolute atomic E-state index is 0.0743. The largest absolute Gasteiger partial charge is 0.478 e. The highest BCUT2D eigenvalue weighted by Crippen LogP contribution is 2.33. The van der Waals surface area contributed by atoms with Crippen LogP contribution in [0.15, 0.2) is 18.2 Å². The Morgan fingerprint density at radius 2 is 2.28 bits per heavy atom. The van der Waals surface area contributed by atoms with Crippen LogP contribution < -0.4 is 10.2 Å². The molecule has 1 aliphatic rings. The number of carboxylic acid groups (broad SMARTS) is 1. The maximum atomic E-state index is 11.8. The highest BCUT2D eigenvalue weighted by molar-refractivity contribution is 6.04. The van der Waals surface area contributed by atoms with Crippen LogP contribution in [0.25, 0.3) is 0 Å². The molecule has 1 unspecified atom stereocenters. The van der Waals surface area contributed by atoms with Crippen molar-refractivity contribution in [1.82, 2.24) is 0 Å². The van der Waals surface area contributed by atoms with Gasteiger partial charge in [0.1, 0.15) is 0 Å². The Morgan fingerprint density at radius 1 is 1.56 bits per heavy atom. The topological polar surface area (TPSA) is 69.6 Å². The highest BCUT2D eigenvalue weighted by atomic mass is 16.4. The predicted octanol–water partition coefficient (Wildman–Crippen LogP) is 1.80. The number of carboxylic acids is 1. The third-order valence-corrected chi connectivity index (χ3v) is 3.16. The lowest BCUT2D eigenvalue weighted by Crippen LogP contribution is -2.31. The van der Waals surface area contributed by atoms with Gasteiger partial charge in [-0.3, -0.25) is 4.79 Å². The molecule has 0 fully saturated rings. The van der Waals surface area contributed by atoms with E-state index in [1.54, 1.807) is 18.2 Å². The number of nitrogens with zero attached hydrogens (tertiary/aromatic N) is 1. The van der Waals surface area contributed by atoms with Crippen LogP contribution in [0.4, 0.5) is 11.4 Å². The van der Waals surface area contributed by atoms with Crippen molar-refractivity contribution in [3.8, 4) is 0 Å². The summed E-state index contributed by atoms with van der Waals surface area (Å²) in [5.74, 6) is -1.22. The fourth-order valence-electron chi connectivity index (χ4n) is 2.21. The first kappa shape index (κ1) is 12.4. The number of nitrogens with one attached hydrogen (secondary N) is 1. The van der Waals surface area contributed by atoms with Crippen LogP contribution in [0.3, 0.4) is 0 Å². The highest BCUT2D eigenvalue weighted by Gasteiger charge is 2.27. The van der Waals surface area contributed by atoms with Gasteiger partial charge in [-0.05, 0) is 19.1 Å². The second kappa shape index (κ2) is 4.68. The summed E-state index contributed by atoms with van der Waals surface area (Å²) < 4.78 is 0. The minimum Gasteiger partial charge on any atom is -0.478 e. The normalized spacial score (nSPS) is 18.9. The summed E-state index contributed by atoms with van der Waals surface area (Å²) in [4.78, 5) is 25.0. The second-order valence-corrected chi connectivity index (χ2v) is 4.44. The van der Waals surface area contributed by atoms with Crippen molar-refractivity contribution >= 4 is 23.3 Å². The van der Waals surface area contributed by atoms with Crippen molar-refractivity contribution in [2.75, 3.05) is 23.3 Å². The van der Waals surface area contributed by atoms with Crippen LogP contribution in [0.1, 0.15) is 24.2 Å². The number of carbonyl (C=O) groups excluding carboxylic acids is 1. The van der Waals surface area contributed by atoms with E-state index in [0.717, 1.165) is 0 Å². The van der Waals surface area contributed by atoms with Crippen molar-refractivity contribution in [3.05, 3.63) is 23.8 Å². The lowest BCUT2D eigenvalue weighted by molar-refractivity contribution is -0.119. The van der Waals surface area contributed by atoms with Gasteiger partial charge < -0.3 is 15.3 Å². The molecule has 1 amide bonds. The van der Waals surface area contributed by atoms with Gasteiger partial charge in [0.25, 0.3) is 0 Å². The molecule has 2 N–H and O–H groups in total. The van der Waals surface area contributed by atoms with Gasteiger partial charge in [-0.1, -0.05) is 13.0 Å². The maximum absolute atomic E-state index is 11.8. The molecule has 18 heavy (non-hydrogen) atoms. The standard InChI is InChI=1S/C13H16N2O3/c1-3-15-7-8(2)12(16)14-10-6-4-5-9(11(10)15)13(17)18/h4-6,8H,3,7H2,1-2H3,(H,14,16)(H,17,18). The first-order valence-corrected chi connectivity index (χ1v) is 5.96. The van der Waals surface area contributed by atoms with Crippen molar-refractivity contribution in [3.63, 3.8) is 0 Å². The molecule has 96 valence electrons. The molecule has 0 aromatic heterocycles. The molecule has 0 radical (unpaired) electrons. The van der Waals surface area contributed by atoms with Gasteiger partial charge in [0.2, 0.25) is 5.91 Å².